The molecule has 0 saturated heterocycles. The minimum atomic E-state index is -1.53. The van der Waals surface area contributed by atoms with E-state index in [-0.39, 0.29) is 0 Å². The van der Waals surface area contributed by atoms with Gasteiger partial charge in [-0.15, -0.1) is 0 Å². The number of carbonyl (C=O) groups is 2. The highest BCUT2D eigenvalue weighted by Gasteiger charge is 2.23. The smallest absolute Gasteiger partial charge is 0.339 e. The molecule has 0 spiro atoms. The van der Waals surface area contributed by atoms with Crippen molar-refractivity contribution in [2.75, 3.05) is 0 Å². The summed E-state index contributed by atoms with van der Waals surface area (Å²) in [5.41, 5.74) is -1.36. The number of hydrogen-bond acceptors (Lipinski definition) is 6. The monoisotopic (exact) mass is 241 g/mol. The summed E-state index contributed by atoms with van der Waals surface area (Å²) in [7, 11) is 0. The average molecular weight is 241 g/mol. The number of nitro groups is 1. The van der Waals surface area contributed by atoms with Crippen molar-refractivity contribution < 1.29 is 29.5 Å². The maximum atomic E-state index is 10.7. The molecule has 2 N–H and O–H groups in total. The molecule has 0 bridgehead atoms. The van der Waals surface area contributed by atoms with Crippen LogP contribution < -0.4 is 4.74 Å². The summed E-state index contributed by atoms with van der Waals surface area (Å²) < 4.78 is 4.49. The fraction of sp³-hybridized carbons (Fsp3) is 0.111. The quantitative estimate of drug-likeness (QED) is 0.348. The number of ether oxygens (including phenoxy) is 1. The van der Waals surface area contributed by atoms with Crippen LogP contribution in [0.1, 0.15) is 17.3 Å². The van der Waals surface area contributed by atoms with Gasteiger partial charge in [-0.1, -0.05) is 0 Å². The number of aromatic hydroxyl groups is 1. The first kappa shape index (κ1) is 12.4. The fourth-order valence-corrected chi connectivity index (χ4v) is 1.11. The van der Waals surface area contributed by atoms with Crippen molar-refractivity contribution in [3.63, 3.8) is 0 Å². The molecule has 1 rings (SSSR count). The third kappa shape index (κ3) is 2.68. The number of benzene rings is 1. The van der Waals surface area contributed by atoms with E-state index in [9.17, 15) is 24.8 Å². The van der Waals surface area contributed by atoms with E-state index in [1.54, 1.807) is 0 Å². The minimum absolute atomic E-state index is 0.509. The fourth-order valence-electron chi connectivity index (χ4n) is 1.11. The van der Waals surface area contributed by atoms with Gasteiger partial charge in [0.1, 0.15) is 11.3 Å². The number of carbonyl (C=O) groups excluding carboxylic acids is 1. The first-order valence-corrected chi connectivity index (χ1v) is 4.26. The third-order valence-electron chi connectivity index (χ3n) is 1.76. The highest BCUT2D eigenvalue weighted by atomic mass is 16.6. The molecule has 8 heteroatoms. The van der Waals surface area contributed by atoms with Crippen LogP contribution in [0.25, 0.3) is 0 Å². The van der Waals surface area contributed by atoms with Crippen LogP contribution in [0.4, 0.5) is 5.69 Å². The van der Waals surface area contributed by atoms with Gasteiger partial charge in [-0.3, -0.25) is 14.9 Å². The predicted octanol–water partition coefficient (Wildman–Crippen LogP) is 0.924. The number of carboxylic acid groups (broad SMARTS) is 1. The van der Waals surface area contributed by atoms with Gasteiger partial charge in [-0.25, -0.2) is 4.79 Å². The van der Waals surface area contributed by atoms with E-state index in [1.165, 1.54) is 0 Å². The molecule has 8 nitrogen and oxygen atoms in total. The van der Waals surface area contributed by atoms with Crippen LogP contribution in [0.15, 0.2) is 12.1 Å². The van der Waals surface area contributed by atoms with Gasteiger partial charge in [-0.05, 0) is 0 Å². The topological polar surface area (TPSA) is 127 Å². The molecule has 0 aromatic heterocycles. The first-order chi connectivity index (χ1) is 7.82. The van der Waals surface area contributed by atoms with E-state index in [4.69, 9.17) is 5.11 Å². The standard InChI is InChI=1S/C9H7NO7/c1-4(11)17-8-3-7(12)5(9(13)14)2-6(8)10(15)16/h2-3,12H,1H3,(H,13,14). The molecule has 1 aromatic carbocycles. The van der Waals surface area contributed by atoms with Crippen molar-refractivity contribution in [2.45, 2.75) is 6.92 Å². The lowest BCUT2D eigenvalue weighted by Gasteiger charge is -2.05. The van der Waals surface area contributed by atoms with Crippen molar-refractivity contribution in [3.8, 4) is 11.5 Å². The highest BCUT2D eigenvalue weighted by molar-refractivity contribution is 5.92. The molecule has 90 valence electrons. The lowest BCUT2D eigenvalue weighted by molar-refractivity contribution is -0.385. The number of nitro benzene ring substituents is 1. The van der Waals surface area contributed by atoms with E-state index < -0.39 is 39.6 Å². The summed E-state index contributed by atoms with van der Waals surface area (Å²) >= 11 is 0. The average Bonchev–Trinajstić information content (AvgIpc) is 2.15. The van der Waals surface area contributed by atoms with Gasteiger partial charge in [0.05, 0.1) is 4.92 Å². The third-order valence-corrected chi connectivity index (χ3v) is 1.76. The molecule has 0 fully saturated rings. The van der Waals surface area contributed by atoms with Crippen molar-refractivity contribution in [1.29, 1.82) is 0 Å². The maximum Gasteiger partial charge on any atom is 0.339 e. The van der Waals surface area contributed by atoms with Crippen molar-refractivity contribution in [2.24, 2.45) is 0 Å². The van der Waals surface area contributed by atoms with Crippen LogP contribution in [0.2, 0.25) is 0 Å². The Labute approximate surface area is 94.2 Å². The highest BCUT2D eigenvalue weighted by Crippen LogP contribution is 2.34. The van der Waals surface area contributed by atoms with Crippen LogP contribution in [-0.2, 0) is 4.79 Å². The van der Waals surface area contributed by atoms with Crippen LogP contribution in [0.5, 0.6) is 11.5 Å². The molecular weight excluding hydrogens is 234 g/mol. The van der Waals surface area contributed by atoms with Crippen LogP contribution in [0.3, 0.4) is 0 Å². The molecule has 1 aromatic rings. The van der Waals surface area contributed by atoms with Gasteiger partial charge in [0, 0.05) is 19.1 Å². The summed E-state index contributed by atoms with van der Waals surface area (Å²) in [4.78, 5) is 31.0. The zero-order valence-electron chi connectivity index (χ0n) is 8.54. The molecule has 0 atom stereocenters. The van der Waals surface area contributed by atoms with E-state index in [0.717, 1.165) is 6.92 Å². The molecule has 0 aliphatic carbocycles. The zero-order chi connectivity index (χ0) is 13.2. The van der Waals surface area contributed by atoms with Gasteiger partial charge < -0.3 is 14.9 Å². The van der Waals surface area contributed by atoms with Crippen molar-refractivity contribution in [1.82, 2.24) is 0 Å². The minimum Gasteiger partial charge on any atom is -0.507 e. The Balaban J connectivity index is 3.40. The maximum absolute atomic E-state index is 10.7. The van der Waals surface area contributed by atoms with Gasteiger partial charge in [-0.2, -0.15) is 0 Å². The number of esters is 1. The van der Waals surface area contributed by atoms with E-state index in [1.807, 2.05) is 0 Å². The van der Waals surface area contributed by atoms with Crippen molar-refractivity contribution in [3.05, 3.63) is 27.8 Å². The van der Waals surface area contributed by atoms with Crippen LogP contribution >= 0.6 is 0 Å². The molecule has 0 unspecified atom stereocenters. The van der Waals surface area contributed by atoms with Crippen LogP contribution in [0, 0.1) is 10.1 Å². The second-order valence-corrected chi connectivity index (χ2v) is 2.99. The first-order valence-electron chi connectivity index (χ1n) is 4.26. The molecule has 0 amide bonds. The van der Waals surface area contributed by atoms with Crippen molar-refractivity contribution >= 4 is 17.6 Å². The lowest BCUT2D eigenvalue weighted by atomic mass is 10.1. The van der Waals surface area contributed by atoms with E-state index >= 15 is 0 Å². The number of carboxylic acids is 1. The molecule has 17 heavy (non-hydrogen) atoms. The summed E-state index contributed by atoms with van der Waals surface area (Å²) in [6.07, 6.45) is 0. The van der Waals surface area contributed by atoms with E-state index in [2.05, 4.69) is 4.74 Å². The van der Waals surface area contributed by atoms with Crippen LogP contribution in [-0.4, -0.2) is 27.1 Å². The second kappa shape index (κ2) is 4.47. The Hall–Kier alpha value is -2.64. The number of nitrogens with zero attached hydrogens (tertiary/aromatic N) is 1. The summed E-state index contributed by atoms with van der Waals surface area (Å²) in [5, 5.41) is 28.6. The van der Waals surface area contributed by atoms with Gasteiger partial charge in [0.15, 0.2) is 0 Å². The Bertz CT molecular complexity index is 508. The largest absolute Gasteiger partial charge is 0.507 e. The summed E-state index contributed by atoms with van der Waals surface area (Å²) in [6, 6.07) is 1.33. The summed E-state index contributed by atoms with van der Waals surface area (Å²) in [5.74, 6) is -3.58. The number of phenols is 1. The van der Waals surface area contributed by atoms with Gasteiger partial charge >= 0.3 is 17.6 Å². The molecule has 0 aliphatic rings. The lowest BCUT2D eigenvalue weighted by Crippen LogP contribution is -2.06. The Morgan fingerprint density at radius 3 is 2.41 bits per heavy atom. The predicted molar refractivity (Wildman–Crippen MR) is 53.0 cm³/mol. The number of aromatic carboxylic acids is 1. The molecule has 0 saturated carbocycles. The van der Waals surface area contributed by atoms with Gasteiger partial charge in [0.25, 0.3) is 0 Å². The van der Waals surface area contributed by atoms with E-state index in [0.29, 0.717) is 12.1 Å². The Morgan fingerprint density at radius 1 is 1.41 bits per heavy atom. The number of rotatable bonds is 3. The molecule has 0 aliphatic heterocycles. The molecule has 0 heterocycles. The zero-order valence-corrected chi connectivity index (χ0v) is 8.54. The normalized spacial score (nSPS) is 9.71. The Morgan fingerprint density at radius 2 is 2.00 bits per heavy atom. The Kier molecular flexibility index (Phi) is 3.27. The number of hydrogen-bond donors (Lipinski definition) is 2. The molecular formula is C9H7NO7. The summed E-state index contributed by atoms with van der Waals surface area (Å²) in [6.45, 7) is 1.02. The van der Waals surface area contributed by atoms with Gasteiger partial charge in [0.2, 0.25) is 5.75 Å². The second-order valence-electron chi connectivity index (χ2n) is 2.99. The molecule has 0 radical (unpaired) electrons. The SMILES string of the molecule is CC(=O)Oc1cc(O)c(C(=O)O)cc1[N+](=O)[O-].